The van der Waals surface area contributed by atoms with E-state index in [2.05, 4.69) is 10.4 Å². The predicted octanol–water partition coefficient (Wildman–Crippen LogP) is 1.07. The quantitative estimate of drug-likeness (QED) is 0.639. The Hall–Kier alpha value is -1.19. The number of hydrogen-bond acceptors (Lipinski definition) is 3. The van der Waals surface area contributed by atoms with E-state index >= 15 is 0 Å². The molecule has 1 heterocycles. The lowest BCUT2D eigenvalue weighted by molar-refractivity contribution is 0.779. The van der Waals surface area contributed by atoms with Crippen LogP contribution >= 0.6 is 0 Å². The molecule has 0 bridgehead atoms. The van der Waals surface area contributed by atoms with Gasteiger partial charge in [0, 0.05) is 14.1 Å². The summed E-state index contributed by atoms with van der Waals surface area (Å²) >= 11 is 0. The molecule has 0 aliphatic carbocycles. The van der Waals surface area contributed by atoms with Crippen LogP contribution in [0.3, 0.4) is 0 Å². The molecule has 4 heteroatoms. The van der Waals surface area contributed by atoms with E-state index < -0.39 is 0 Å². The molecule has 0 radical (unpaired) electrons. The minimum atomic E-state index is 0.664. The van der Waals surface area contributed by atoms with Crippen LogP contribution in [0.2, 0.25) is 0 Å². The van der Waals surface area contributed by atoms with Crippen molar-refractivity contribution in [3.63, 3.8) is 0 Å². The Kier molecular flexibility index (Phi) is 4.10. The van der Waals surface area contributed by atoms with Gasteiger partial charge in [0.1, 0.15) is 5.82 Å². The zero-order valence-corrected chi connectivity index (χ0v) is 7.55. The van der Waals surface area contributed by atoms with E-state index in [4.69, 9.17) is 5.73 Å². The van der Waals surface area contributed by atoms with E-state index in [1.807, 2.05) is 20.9 Å². The van der Waals surface area contributed by atoms with Crippen molar-refractivity contribution in [1.82, 2.24) is 9.78 Å². The molecule has 0 atom stereocenters. The number of aromatic nitrogens is 2. The van der Waals surface area contributed by atoms with Crippen LogP contribution in [-0.4, -0.2) is 16.8 Å². The van der Waals surface area contributed by atoms with Crippen molar-refractivity contribution in [2.75, 3.05) is 18.1 Å². The fraction of sp³-hybridized carbons (Fsp3) is 0.571. The van der Waals surface area contributed by atoms with Crippen molar-refractivity contribution in [3.8, 4) is 0 Å². The topological polar surface area (TPSA) is 55.9 Å². The standard InChI is InChI=1S/C5H10N4.C2H6/c1-7-4-3-8-9(2)5(4)6;1-2/h3,7H,6H2,1-2H3;1-2H3. The van der Waals surface area contributed by atoms with Crippen molar-refractivity contribution >= 4 is 11.5 Å². The van der Waals surface area contributed by atoms with Gasteiger partial charge in [-0.05, 0) is 0 Å². The van der Waals surface area contributed by atoms with Crippen LogP contribution in [0.15, 0.2) is 6.20 Å². The summed E-state index contributed by atoms with van der Waals surface area (Å²) in [5.74, 6) is 0.664. The average Bonchev–Trinajstić information content (AvgIpc) is 2.37. The first-order valence-corrected chi connectivity index (χ1v) is 3.71. The normalized spacial score (nSPS) is 8.36. The second-order valence-corrected chi connectivity index (χ2v) is 1.82. The highest BCUT2D eigenvalue weighted by Gasteiger charge is 1.98. The van der Waals surface area contributed by atoms with Crippen LogP contribution in [0.4, 0.5) is 11.5 Å². The summed E-state index contributed by atoms with van der Waals surface area (Å²) in [5, 5.41) is 6.82. The van der Waals surface area contributed by atoms with Crippen LogP contribution in [-0.2, 0) is 7.05 Å². The molecule has 0 saturated heterocycles. The Morgan fingerprint density at radius 2 is 2.09 bits per heavy atom. The summed E-state index contributed by atoms with van der Waals surface area (Å²) in [4.78, 5) is 0. The molecule has 3 N–H and O–H groups in total. The summed E-state index contributed by atoms with van der Waals surface area (Å²) in [6, 6.07) is 0. The van der Waals surface area contributed by atoms with E-state index in [-0.39, 0.29) is 0 Å². The van der Waals surface area contributed by atoms with Crippen LogP contribution in [0.25, 0.3) is 0 Å². The maximum atomic E-state index is 5.55. The van der Waals surface area contributed by atoms with Crippen LogP contribution in [0, 0.1) is 0 Å². The van der Waals surface area contributed by atoms with Gasteiger partial charge in [-0.25, -0.2) is 0 Å². The van der Waals surface area contributed by atoms with Crippen molar-refractivity contribution in [2.45, 2.75) is 13.8 Å². The van der Waals surface area contributed by atoms with Crippen molar-refractivity contribution in [2.24, 2.45) is 7.05 Å². The first kappa shape index (κ1) is 9.81. The van der Waals surface area contributed by atoms with Gasteiger partial charge in [0.25, 0.3) is 0 Å². The summed E-state index contributed by atoms with van der Waals surface area (Å²) in [7, 11) is 3.61. The van der Waals surface area contributed by atoms with Gasteiger partial charge in [-0.3, -0.25) is 4.68 Å². The third-order valence-electron chi connectivity index (χ3n) is 1.25. The molecular formula is C7H16N4. The summed E-state index contributed by atoms with van der Waals surface area (Å²) in [5.41, 5.74) is 6.42. The molecule has 64 valence electrons. The Labute approximate surface area is 67.4 Å². The third kappa shape index (κ3) is 2.14. The lowest BCUT2D eigenvalue weighted by Gasteiger charge is -1.96. The molecular weight excluding hydrogens is 140 g/mol. The number of nitrogens with two attached hydrogens (primary N) is 1. The monoisotopic (exact) mass is 156 g/mol. The first-order chi connectivity index (χ1) is 5.25. The number of nitrogen functional groups attached to an aromatic ring is 1. The Bertz CT molecular complexity index is 204. The first-order valence-electron chi connectivity index (χ1n) is 3.71. The number of nitrogens with one attached hydrogen (secondary N) is 1. The lowest BCUT2D eigenvalue weighted by Crippen LogP contribution is -1.99. The van der Waals surface area contributed by atoms with Gasteiger partial charge in [0.05, 0.1) is 11.9 Å². The van der Waals surface area contributed by atoms with Crippen molar-refractivity contribution in [1.29, 1.82) is 0 Å². The summed E-state index contributed by atoms with van der Waals surface area (Å²) < 4.78 is 1.62. The smallest absolute Gasteiger partial charge is 0.145 e. The van der Waals surface area contributed by atoms with E-state index in [1.165, 1.54) is 0 Å². The number of hydrogen-bond donors (Lipinski definition) is 2. The highest BCUT2D eigenvalue weighted by atomic mass is 15.3. The summed E-state index contributed by atoms with van der Waals surface area (Å²) in [6.07, 6.45) is 1.69. The fourth-order valence-corrected chi connectivity index (χ4v) is 0.640. The Morgan fingerprint density at radius 3 is 2.27 bits per heavy atom. The maximum Gasteiger partial charge on any atom is 0.145 e. The second kappa shape index (κ2) is 4.60. The second-order valence-electron chi connectivity index (χ2n) is 1.82. The number of nitrogens with zero attached hydrogens (tertiary/aromatic N) is 2. The maximum absolute atomic E-state index is 5.55. The number of rotatable bonds is 1. The SMILES string of the molecule is CC.CNc1cnn(C)c1N. The molecule has 11 heavy (non-hydrogen) atoms. The highest BCUT2D eigenvalue weighted by molar-refractivity contribution is 5.60. The highest BCUT2D eigenvalue weighted by Crippen LogP contribution is 2.13. The van der Waals surface area contributed by atoms with Crippen molar-refractivity contribution < 1.29 is 0 Å². The van der Waals surface area contributed by atoms with Crippen LogP contribution < -0.4 is 11.1 Å². The third-order valence-corrected chi connectivity index (χ3v) is 1.25. The molecule has 0 unspecified atom stereocenters. The Balaban J connectivity index is 0.000000461. The molecule has 1 aromatic heterocycles. The molecule has 0 aromatic carbocycles. The minimum absolute atomic E-state index is 0.664. The average molecular weight is 156 g/mol. The van der Waals surface area contributed by atoms with E-state index in [1.54, 1.807) is 17.9 Å². The van der Waals surface area contributed by atoms with Gasteiger partial charge in [-0.1, -0.05) is 13.8 Å². The molecule has 0 amide bonds. The molecule has 0 aliphatic heterocycles. The van der Waals surface area contributed by atoms with Crippen LogP contribution in [0.1, 0.15) is 13.8 Å². The van der Waals surface area contributed by atoms with E-state index in [0.717, 1.165) is 5.69 Å². The molecule has 1 aromatic rings. The fourth-order valence-electron chi connectivity index (χ4n) is 0.640. The number of aryl methyl sites for hydroxylation is 1. The molecule has 0 spiro atoms. The molecule has 0 fully saturated rings. The largest absolute Gasteiger partial charge is 0.384 e. The van der Waals surface area contributed by atoms with Gasteiger partial charge in [-0.2, -0.15) is 5.10 Å². The molecule has 1 rings (SSSR count). The molecule has 0 aliphatic rings. The molecule has 4 nitrogen and oxygen atoms in total. The van der Waals surface area contributed by atoms with Gasteiger partial charge in [0.15, 0.2) is 0 Å². The zero-order chi connectivity index (χ0) is 8.85. The van der Waals surface area contributed by atoms with Gasteiger partial charge >= 0.3 is 0 Å². The Morgan fingerprint density at radius 1 is 1.55 bits per heavy atom. The lowest BCUT2D eigenvalue weighted by atomic mass is 10.5. The van der Waals surface area contributed by atoms with Crippen molar-refractivity contribution in [3.05, 3.63) is 6.20 Å². The van der Waals surface area contributed by atoms with Gasteiger partial charge < -0.3 is 11.1 Å². The van der Waals surface area contributed by atoms with Gasteiger partial charge in [-0.15, -0.1) is 0 Å². The minimum Gasteiger partial charge on any atom is -0.384 e. The van der Waals surface area contributed by atoms with E-state index in [0.29, 0.717) is 5.82 Å². The van der Waals surface area contributed by atoms with Crippen LogP contribution in [0.5, 0.6) is 0 Å². The molecule has 0 saturated carbocycles. The number of anilines is 2. The van der Waals surface area contributed by atoms with E-state index in [9.17, 15) is 0 Å². The zero-order valence-electron chi connectivity index (χ0n) is 7.55. The summed E-state index contributed by atoms with van der Waals surface area (Å²) in [6.45, 7) is 4.00. The van der Waals surface area contributed by atoms with Gasteiger partial charge in [0.2, 0.25) is 0 Å². The predicted molar refractivity (Wildman–Crippen MR) is 48.5 cm³/mol.